The summed E-state index contributed by atoms with van der Waals surface area (Å²) in [5.41, 5.74) is 0. The van der Waals surface area contributed by atoms with Crippen LogP contribution < -0.4 is 0 Å². The van der Waals surface area contributed by atoms with Crippen molar-refractivity contribution in [3.8, 4) is 0 Å². The van der Waals surface area contributed by atoms with Gasteiger partial charge in [0.05, 0.1) is 18.6 Å². The van der Waals surface area contributed by atoms with E-state index in [1.165, 1.54) is 0 Å². The van der Waals surface area contributed by atoms with Crippen molar-refractivity contribution in [1.29, 1.82) is 0 Å². The monoisotopic (exact) mass is 349 g/mol. The second-order valence-corrected chi connectivity index (χ2v) is 6.96. The Morgan fingerprint density at radius 2 is 2.12 bits per heavy atom. The van der Waals surface area contributed by atoms with Gasteiger partial charge >= 0.3 is 0 Å². The van der Waals surface area contributed by atoms with Crippen LogP contribution in [-0.4, -0.2) is 76.3 Å². The second kappa shape index (κ2) is 7.51. The number of aryl methyl sites for hydroxylation is 2. The fourth-order valence-electron chi connectivity index (χ4n) is 3.85. The minimum absolute atomic E-state index is 0.0479. The summed E-state index contributed by atoms with van der Waals surface area (Å²) < 4.78 is 6.98. The highest BCUT2D eigenvalue weighted by atomic mass is 16.5. The zero-order valence-electron chi connectivity index (χ0n) is 15.3. The third-order valence-electron chi connectivity index (χ3n) is 5.09. The number of likely N-dealkylation sites (tertiary alicyclic amines) is 2. The van der Waals surface area contributed by atoms with Crippen molar-refractivity contribution in [2.45, 2.75) is 39.2 Å². The van der Waals surface area contributed by atoms with E-state index in [4.69, 9.17) is 4.74 Å². The van der Waals surface area contributed by atoms with Crippen LogP contribution in [0.5, 0.6) is 0 Å². The number of hydrogen-bond acceptors (Lipinski definition) is 5. The van der Waals surface area contributed by atoms with Crippen molar-refractivity contribution in [3.63, 3.8) is 0 Å². The van der Waals surface area contributed by atoms with Gasteiger partial charge in [-0.05, 0) is 26.7 Å². The van der Waals surface area contributed by atoms with Gasteiger partial charge in [-0.1, -0.05) is 0 Å². The fourth-order valence-corrected chi connectivity index (χ4v) is 3.85. The van der Waals surface area contributed by atoms with Gasteiger partial charge in [0.15, 0.2) is 0 Å². The first-order chi connectivity index (χ1) is 12.0. The molecule has 0 aromatic carbocycles. The maximum absolute atomic E-state index is 12.9. The third kappa shape index (κ3) is 3.84. The molecule has 2 fully saturated rings. The van der Waals surface area contributed by atoms with Crippen molar-refractivity contribution >= 4 is 11.8 Å². The van der Waals surface area contributed by atoms with Crippen molar-refractivity contribution in [2.75, 3.05) is 39.9 Å². The Hall–Kier alpha value is -1.96. The molecule has 25 heavy (non-hydrogen) atoms. The molecule has 8 heteroatoms. The summed E-state index contributed by atoms with van der Waals surface area (Å²) in [7, 11) is 1.62. The summed E-state index contributed by atoms with van der Waals surface area (Å²) in [5, 5.41) is 4.47. The Balaban J connectivity index is 1.62. The summed E-state index contributed by atoms with van der Waals surface area (Å²) in [4.78, 5) is 33.0. The minimum Gasteiger partial charge on any atom is -0.383 e. The van der Waals surface area contributed by atoms with Gasteiger partial charge in [0.1, 0.15) is 11.6 Å². The largest absolute Gasteiger partial charge is 0.383 e. The standard InChI is InChI=1S/C17H27N5O3/c1-12-18-13(2)22(19-12)15-5-4-6-21(11-15)17(24)14-9-16(23)20(10-14)7-8-25-3/h14-15H,4-11H2,1-3H3/t14-,15+/m1/s1. The summed E-state index contributed by atoms with van der Waals surface area (Å²) in [6.45, 7) is 6.79. The predicted molar refractivity (Wildman–Crippen MR) is 90.9 cm³/mol. The van der Waals surface area contributed by atoms with Crippen LogP contribution in [0.25, 0.3) is 0 Å². The number of rotatable bonds is 5. The summed E-state index contributed by atoms with van der Waals surface area (Å²) in [6, 6.07) is 0.167. The minimum atomic E-state index is -0.235. The highest BCUT2D eigenvalue weighted by molar-refractivity contribution is 5.89. The van der Waals surface area contributed by atoms with Gasteiger partial charge < -0.3 is 14.5 Å². The average Bonchev–Trinajstić information content (AvgIpc) is 3.14. The normalized spacial score (nSPS) is 24.2. The first-order valence-electron chi connectivity index (χ1n) is 8.95. The SMILES string of the molecule is COCCN1C[C@H](C(=O)N2CCC[C@H](n3nc(C)nc3C)C2)CC1=O. The number of aromatic nitrogens is 3. The number of carbonyl (C=O) groups is 2. The number of hydrogen-bond donors (Lipinski definition) is 0. The van der Waals surface area contributed by atoms with E-state index in [1.54, 1.807) is 12.0 Å². The van der Waals surface area contributed by atoms with Gasteiger partial charge in [-0.3, -0.25) is 9.59 Å². The van der Waals surface area contributed by atoms with Gasteiger partial charge in [-0.2, -0.15) is 5.10 Å². The highest BCUT2D eigenvalue weighted by Gasteiger charge is 2.38. The van der Waals surface area contributed by atoms with E-state index >= 15 is 0 Å². The Bertz CT molecular complexity index is 644. The van der Waals surface area contributed by atoms with E-state index in [-0.39, 0.29) is 23.8 Å². The van der Waals surface area contributed by atoms with Gasteiger partial charge in [-0.25, -0.2) is 9.67 Å². The highest BCUT2D eigenvalue weighted by Crippen LogP contribution is 2.26. The lowest BCUT2D eigenvalue weighted by molar-refractivity contribution is -0.137. The molecule has 0 bridgehead atoms. The van der Waals surface area contributed by atoms with E-state index in [0.717, 1.165) is 31.0 Å². The van der Waals surface area contributed by atoms with Gasteiger partial charge in [-0.15, -0.1) is 0 Å². The van der Waals surface area contributed by atoms with E-state index in [2.05, 4.69) is 10.1 Å². The number of ether oxygens (including phenoxy) is 1. The van der Waals surface area contributed by atoms with Crippen molar-refractivity contribution in [1.82, 2.24) is 24.6 Å². The van der Waals surface area contributed by atoms with E-state index in [9.17, 15) is 9.59 Å². The van der Waals surface area contributed by atoms with Crippen LogP contribution >= 0.6 is 0 Å². The topological polar surface area (TPSA) is 80.6 Å². The molecule has 0 spiro atoms. The molecular weight excluding hydrogens is 322 g/mol. The second-order valence-electron chi connectivity index (χ2n) is 6.96. The molecule has 2 saturated heterocycles. The number of carbonyl (C=O) groups excluding carboxylic acids is 2. The molecule has 2 atom stereocenters. The lowest BCUT2D eigenvalue weighted by Gasteiger charge is -2.34. The molecule has 0 aliphatic carbocycles. The molecule has 2 amide bonds. The molecule has 0 radical (unpaired) electrons. The maximum Gasteiger partial charge on any atom is 0.228 e. The first kappa shape index (κ1) is 17.8. The number of piperidine rings is 1. The van der Waals surface area contributed by atoms with Gasteiger partial charge in [0.2, 0.25) is 11.8 Å². The van der Waals surface area contributed by atoms with Crippen LogP contribution in [0.1, 0.15) is 37.0 Å². The van der Waals surface area contributed by atoms with Crippen LogP contribution in [-0.2, 0) is 14.3 Å². The Morgan fingerprint density at radius 3 is 2.80 bits per heavy atom. The predicted octanol–water partition coefficient (Wildman–Crippen LogP) is 0.553. The Morgan fingerprint density at radius 1 is 1.32 bits per heavy atom. The molecule has 1 aromatic rings. The Labute approximate surface area is 148 Å². The molecule has 2 aliphatic heterocycles. The van der Waals surface area contributed by atoms with Gasteiger partial charge in [0, 0.05) is 39.7 Å². The van der Waals surface area contributed by atoms with Crippen molar-refractivity contribution in [2.24, 2.45) is 5.92 Å². The van der Waals surface area contributed by atoms with Crippen molar-refractivity contribution < 1.29 is 14.3 Å². The van der Waals surface area contributed by atoms with Crippen LogP contribution in [0.4, 0.5) is 0 Å². The molecule has 3 heterocycles. The number of nitrogens with zero attached hydrogens (tertiary/aromatic N) is 5. The first-order valence-corrected chi connectivity index (χ1v) is 8.95. The van der Waals surface area contributed by atoms with Crippen LogP contribution in [0.2, 0.25) is 0 Å². The fraction of sp³-hybridized carbons (Fsp3) is 0.765. The number of methoxy groups -OCH3 is 1. The summed E-state index contributed by atoms with van der Waals surface area (Å²) >= 11 is 0. The number of amides is 2. The van der Waals surface area contributed by atoms with Gasteiger partial charge in [0.25, 0.3) is 0 Å². The third-order valence-corrected chi connectivity index (χ3v) is 5.09. The molecule has 3 rings (SSSR count). The average molecular weight is 349 g/mol. The van der Waals surface area contributed by atoms with Crippen LogP contribution in [0.3, 0.4) is 0 Å². The molecule has 2 aliphatic rings. The lowest BCUT2D eigenvalue weighted by Crippen LogP contribution is -2.44. The molecule has 0 saturated carbocycles. The van der Waals surface area contributed by atoms with Crippen LogP contribution in [0.15, 0.2) is 0 Å². The zero-order chi connectivity index (χ0) is 18.0. The molecular formula is C17H27N5O3. The van der Waals surface area contributed by atoms with Crippen LogP contribution in [0, 0.1) is 19.8 Å². The quantitative estimate of drug-likeness (QED) is 0.776. The maximum atomic E-state index is 12.9. The lowest BCUT2D eigenvalue weighted by atomic mass is 10.0. The Kier molecular flexibility index (Phi) is 5.36. The molecule has 1 aromatic heterocycles. The molecule has 0 N–H and O–H groups in total. The summed E-state index contributed by atoms with van der Waals surface area (Å²) in [5.74, 6) is 1.55. The van der Waals surface area contributed by atoms with Crippen molar-refractivity contribution in [3.05, 3.63) is 11.6 Å². The molecule has 138 valence electrons. The molecule has 0 unspecified atom stereocenters. The zero-order valence-corrected chi connectivity index (χ0v) is 15.3. The van der Waals surface area contributed by atoms with E-state index in [0.29, 0.717) is 32.7 Å². The smallest absolute Gasteiger partial charge is 0.228 e. The van der Waals surface area contributed by atoms with E-state index < -0.39 is 0 Å². The summed E-state index contributed by atoms with van der Waals surface area (Å²) in [6.07, 6.45) is 2.25. The molecule has 8 nitrogen and oxygen atoms in total. The van der Waals surface area contributed by atoms with E-state index in [1.807, 2.05) is 23.4 Å².